The van der Waals surface area contributed by atoms with Crippen LogP contribution in [-0.2, 0) is 26.2 Å². The maximum Gasteiger partial charge on any atom is 0.264 e. The smallest absolute Gasteiger partial charge is 0.264 e. The number of nitrogens with zero attached hydrogens (tertiary/aromatic N) is 2. The minimum Gasteiger partial charge on any atom is -0.497 e. The molecule has 0 heterocycles. The van der Waals surface area contributed by atoms with Gasteiger partial charge in [0.25, 0.3) is 10.0 Å². The molecular weight excluding hydrogens is 502 g/mol. The first-order valence-corrected chi connectivity index (χ1v) is 13.8. The van der Waals surface area contributed by atoms with Gasteiger partial charge < -0.3 is 15.0 Å². The minimum atomic E-state index is -4.11. The van der Waals surface area contributed by atoms with Gasteiger partial charge in [-0.3, -0.25) is 13.9 Å². The molecule has 0 bridgehead atoms. The van der Waals surface area contributed by atoms with Crippen LogP contribution in [-0.4, -0.2) is 51.9 Å². The molecule has 1 N–H and O–H groups in total. The highest BCUT2D eigenvalue weighted by molar-refractivity contribution is 7.92. The number of likely N-dealkylation sites (N-methyl/N-ethyl adjacent to an activating group) is 1. The van der Waals surface area contributed by atoms with E-state index >= 15 is 0 Å². The zero-order valence-electron chi connectivity index (χ0n) is 22.5. The molecule has 8 nitrogen and oxygen atoms in total. The van der Waals surface area contributed by atoms with Crippen molar-refractivity contribution < 1.29 is 22.7 Å². The lowest BCUT2D eigenvalue weighted by Gasteiger charge is -2.33. The van der Waals surface area contributed by atoms with Crippen molar-refractivity contribution in [1.29, 1.82) is 0 Å². The molecule has 0 saturated carbocycles. The van der Waals surface area contributed by atoms with Crippen LogP contribution < -0.4 is 14.4 Å². The van der Waals surface area contributed by atoms with Gasteiger partial charge in [-0.1, -0.05) is 54.4 Å². The van der Waals surface area contributed by atoms with Crippen LogP contribution in [0.1, 0.15) is 30.0 Å². The molecule has 0 saturated heterocycles. The predicted octanol–water partition coefficient (Wildman–Crippen LogP) is 4.06. The van der Waals surface area contributed by atoms with Crippen molar-refractivity contribution in [2.24, 2.45) is 0 Å². The maximum atomic E-state index is 13.9. The van der Waals surface area contributed by atoms with Crippen molar-refractivity contribution >= 4 is 27.5 Å². The van der Waals surface area contributed by atoms with Crippen molar-refractivity contribution in [2.45, 2.75) is 44.7 Å². The van der Waals surface area contributed by atoms with Crippen LogP contribution in [0.4, 0.5) is 5.69 Å². The minimum absolute atomic E-state index is 0.0651. The van der Waals surface area contributed by atoms with Gasteiger partial charge in [-0.25, -0.2) is 8.42 Å². The molecule has 3 rings (SSSR count). The second-order valence-electron chi connectivity index (χ2n) is 9.07. The number of carbonyl (C=O) groups excluding carboxylic acids is 2. The summed E-state index contributed by atoms with van der Waals surface area (Å²) in [6.45, 7) is 5.31. The molecule has 2 amide bonds. The number of anilines is 1. The summed E-state index contributed by atoms with van der Waals surface area (Å²) in [5.74, 6) is -0.251. The summed E-state index contributed by atoms with van der Waals surface area (Å²) >= 11 is 0. The number of nitrogens with one attached hydrogen (secondary N) is 1. The second-order valence-corrected chi connectivity index (χ2v) is 10.9. The van der Waals surface area contributed by atoms with Crippen molar-refractivity contribution in [3.63, 3.8) is 0 Å². The van der Waals surface area contributed by atoms with Crippen LogP contribution in [0.3, 0.4) is 0 Å². The van der Waals surface area contributed by atoms with Gasteiger partial charge in [0.15, 0.2) is 0 Å². The summed E-state index contributed by atoms with van der Waals surface area (Å²) in [5, 5.41) is 2.63. The standard InChI is InChI=1S/C29H35N3O5S/c1-6-27(29(34)30-4)31(19-23-9-7-8-22(3)18-23)28(33)20-32(24-12-14-25(37-5)15-13-24)38(35,36)26-16-10-21(2)11-17-26/h7-18,27H,6,19-20H2,1-5H3,(H,30,34). The summed E-state index contributed by atoms with van der Waals surface area (Å²) in [7, 11) is -1.07. The van der Waals surface area contributed by atoms with E-state index in [0.717, 1.165) is 21.0 Å². The van der Waals surface area contributed by atoms with Crippen molar-refractivity contribution in [3.05, 3.63) is 89.5 Å². The number of hydrogen-bond acceptors (Lipinski definition) is 5. The van der Waals surface area contributed by atoms with Crippen LogP contribution in [0.5, 0.6) is 5.75 Å². The summed E-state index contributed by atoms with van der Waals surface area (Å²) in [4.78, 5) is 28.2. The Hall–Kier alpha value is -3.85. The fraction of sp³-hybridized carbons (Fsp3) is 0.310. The van der Waals surface area contributed by atoms with Crippen LogP contribution in [0.2, 0.25) is 0 Å². The van der Waals surface area contributed by atoms with E-state index in [4.69, 9.17) is 4.74 Å². The zero-order valence-corrected chi connectivity index (χ0v) is 23.3. The van der Waals surface area contributed by atoms with Gasteiger partial charge in [0.2, 0.25) is 11.8 Å². The van der Waals surface area contributed by atoms with Gasteiger partial charge in [-0.15, -0.1) is 0 Å². The highest BCUT2D eigenvalue weighted by atomic mass is 32.2. The molecule has 38 heavy (non-hydrogen) atoms. The Morgan fingerprint density at radius 3 is 2.16 bits per heavy atom. The fourth-order valence-electron chi connectivity index (χ4n) is 4.21. The van der Waals surface area contributed by atoms with E-state index in [1.54, 1.807) is 36.4 Å². The van der Waals surface area contributed by atoms with Crippen LogP contribution in [0.25, 0.3) is 0 Å². The summed E-state index contributed by atoms with van der Waals surface area (Å²) in [6.07, 6.45) is 0.366. The van der Waals surface area contributed by atoms with Gasteiger partial charge in [0.1, 0.15) is 18.3 Å². The Bertz CT molecular complexity index is 1360. The molecule has 0 spiro atoms. The molecule has 3 aromatic rings. The van der Waals surface area contributed by atoms with Gasteiger partial charge in [0, 0.05) is 13.6 Å². The van der Waals surface area contributed by atoms with E-state index in [2.05, 4.69) is 5.32 Å². The first-order chi connectivity index (χ1) is 18.1. The van der Waals surface area contributed by atoms with Gasteiger partial charge in [-0.05, 0) is 62.2 Å². The highest BCUT2D eigenvalue weighted by Gasteiger charge is 2.33. The molecule has 0 fully saturated rings. The second kappa shape index (κ2) is 12.6. The zero-order chi connectivity index (χ0) is 27.9. The van der Waals surface area contributed by atoms with E-state index in [-0.39, 0.29) is 17.3 Å². The number of benzene rings is 3. The Labute approximate surface area is 225 Å². The van der Waals surface area contributed by atoms with E-state index in [1.807, 2.05) is 45.0 Å². The lowest BCUT2D eigenvalue weighted by molar-refractivity contribution is -0.140. The summed E-state index contributed by atoms with van der Waals surface area (Å²) in [6, 6.07) is 19.8. The molecule has 0 aliphatic carbocycles. The summed E-state index contributed by atoms with van der Waals surface area (Å²) < 4.78 is 34.0. The number of amides is 2. The number of carbonyl (C=O) groups is 2. The number of methoxy groups -OCH3 is 1. The normalized spacial score (nSPS) is 11.9. The van der Waals surface area contributed by atoms with Crippen molar-refractivity contribution in [1.82, 2.24) is 10.2 Å². The lowest BCUT2D eigenvalue weighted by atomic mass is 10.1. The molecule has 0 aliphatic heterocycles. The summed E-state index contributed by atoms with van der Waals surface area (Å²) in [5.41, 5.74) is 3.09. The predicted molar refractivity (Wildman–Crippen MR) is 149 cm³/mol. The molecule has 9 heteroatoms. The van der Waals surface area contributed by atoms with E-state index < -0.39 is 28.5 Å². The van der Waals surface area contributed by atoms with Gasteiger partial charge in [-0.2, -0.15) is 0 Å². The fourth-order valence-corrected chi connectivity index (χ4v) is 5.62. The molecule has 0 aliphatic rings. The monoisotopic (exact) mass is 537 g/mol. The lowest BCUT2D eigenvalue weighted by Crippen LogP contribution is -2.51. The quantitative estimate of drug-likeness (QED) is 0.398. The third kappa shape index (κ3) is 6.72. The van der Waals surface area contributed by atoms with E-state index in [9.17, 15) is 18.0 Å². The Morgan fingerprint density at radius 1 is 0.947 bits per heavy atom. The van der Waals surface area contributed by atoms with Gasteiger partial charge in [0.05, 0.1) is 17.7 Å². The SMILES string of the molecule is CCC(C(=O)NC)N(Cc1cccc(C)c1)C(=O)CN(c1ccc(OC)cc1)S(=O)(=O)c1ccc(C)cc1. The molecule has 202 valence electrons. The number of aryl methyl sites for hydroxylation is 2. The Morgan fingerprint density at radius 2 is 1.61 bits per heavy atom. The Balaban J connectivity index is 2.06. The highest BCUT2D eigenvalue weighted by Crippen LogP contribution is 2.27. The molecule has 1 unspecified atom stereocenters. The molecular formula is C29H35N3O5S. The van der Waals surface area contributed by atoms with Crippen LogP contribution >= 0.6 is 0 Å². The number of sulfonamides is 1. The third-order valence-electron chi connectivity index (χ3n) is 6.32. The van der Waals surface area contributed by atoms with Gasteiger partial charge >= 0.3 is 0 Å². The average Bonchev–Trinajstić information content (AvgIpc) is 2.91. The van der Waals surface area contributed by atoms with E-state index in [1.165, 1.54) is 31.2 Å². The average molecular weight is 538 g/mol. The number of hydrogen-bond donors (Lipinski definition) is 1. The molecule has 0 radical (unpaired) electrons. The maximum absolute atomic E-state index is 13.9. The van der Waals surface area contributed by atoms with Crippen LogP contribution in [0.15, 0.2) is 77.7 Å². The molecule has 1 atom stereocenters. The Kier molecular flexibility index (Phi) is 9.52. The first-order valence-electron chi connectivity index (χ1n) is 12.4. The molecule has 3 aromatic carbocycles. The van der Waals surface area contributed by atoms with E-state index in [0.29, 0.717) is 17.9 Å². The molecule has 0 aromatic heterocycles. The first kappa shape index (κ1) is 28.7. The largest absolute Gasteiger partial charge is 0.497 e. The number of ether oxygens (including phenoxy) is 1. The van der Waals surface area contributed by atoms with Crippen LogP contribution in [0, 0.1) is 13.8 Å². The topological polar surface area (TPSA) is 96.0 Å². The van der Waals surface area contributed by atoms with Crippen molar-refractivity contribution in [2.75, 3.05) is 25.0 Å². The third-order valence-corrected chi connectivity index (χ3v) is 8.10. The number of rotatable bonds is 11. The van der Waals surface area contributed by atoms with Crippen molar-refractivity contribution in [3.8, 4) is 5.75 Å².